The minimum atomic E-state index is 0.168. The lowest BCUT2D eigenvalue weighted by Gasteiger charge is -2.09. The van der Waals surface area contributed by atoms with Crippen molar-refractivity contribution in [1.82, 2.24) is 0 Å². The summed E-state index contributed by atoms with van der Waals surface area (Å²) in [5, 5.41) is 0.168. The van der Waals surface area contributed by atoms with Crippen LogP contribution in [0.4, 0.5) is 0 Å². The monoisotopic (exact) mass is 248 g/mol. The van der Waals surface area contributed by atoms with Crippen LogP contribution in [-0.4, -0.2) is 5.38 Å². The van der Waals surface area contributed by atoms with E-state index in [4.69, 9.17) is 16.0 Å². The van der Waals surface area contributed by atoms with Crippen molar-refractivity contribution in [2.75, 3.05) is 0 Å². The summed E-state index contributed by atoms with van der Waals surface area (Å²) in [6, 6.07) is 12.4. The van der Waals surface area contributed by atoms with Crippen molar-refractivity contribution in [2.45, 2.75) is 31.6 Å². The number of hydrogen-bond acceptors (Lipinski definition) is 1. The first-order valence-corrected chi connectivity index (χ1v) is 6.39. The molecular weight excluding hydrogens is 232 g/mol. The smallest absolute Gasteiger partial charge is 0.103 e. The summed E-state index contributed by atoms with van der Waals surface area (Å²) in [5.41, 5.74) is 2.60. The van der Waals surface area contributed by atoms with Gasteiger partial charge in [-0.3, -0.25) is 0 Å². The van der Waals surface area contributed by atoms with Crippen molar-refractivity contribution in [3.8, 4) is 0 Å². The molecule has 0 saturated heterocycles. The first-order valence-electron chi connectivity index (χ1n) is 5.96. The third kappa shape index (κ3) is 3.94. The molecule has 0 aliphatic rings. The summed E-state index contributed by atoms with van der Waals surface area (Å²) in [5.74, 6) is 1.01. The molecule has 1 aromatic heterocycles. The molecule has 0 aliphatic heterocycles. The second kappa shape index (κ2) is 5.92. The van der Waals surface area contributed by atoms with Crippen LogP contribution in [0.3, 0.4) is 0 Å². The molecule has 0 fully saturated rings. The van der Waals surface area contributed by atoms with Crippen molar-refractivity contribution in [3.05, 3.63) is 59.5 Å². The zero-order valence-electron chi connectivity index (χ0n) is 10.0. The molecule has 90 valence electrons. The van der Waals surface area contributed by atoms with Crippen LogP contribution in [-0.2, 0) is 12.8 Å². The number of aryl methyl sites for hydroxylation is 2. The van der Waals surface area contributed by atoms with Gasteiger partial charge in [-0.15, -0.1) is 11.6 Å². The van der Waals surface area contributed by atoms with E-state index in [2.05, 4.69) is 31.2 Å². The van der Waals surface area contributed by atoms with Crippen molar-refractivity contribution in [3.63, 3.8) is 0 Å². The fraction of sp³-hybridized carbons (Fsp3) is 0.333. The number of rotatable bonds is 5. The van der Waals surface area contributed by atoms with E-state index in [9.17, 15) is 0 Å². The molecule has 1 nitrogen and oxygen atoms in total. The molecule has 1 heterocycles. The predicted octanol–water partition coefficient (Wildman–Crippen LogP) is 4.37. The fourth-order valence-electron chi connectivity index (χ4n) is 1.95. The highest BCUT2D eigenvalue weighted by molar-refractivity contribution is 6.20. The zero-order chi connectivity index (χ0) is 12.1. The molecule has 0 saturated carbocycles. The maximum absolute atomic E-state index is 6.34. The Kier molecular flexibility index (Phi) is 4.27. The number of benzene rings is 1. The standard InChI is InChI=1S/C15H17ClO/c1-12-4-2-5-13(10-12)11-14(16)7-8-15-6-3-9-17-15/h2-6,9-10,14H,7-8,11H2,1H3. The SMILES string of the molecule is Cc1cccc(CC(Cl)CCc2ccco2)c1. The Hall–Kier alpha value is -1.21. The van der Waals surface area contributed by atoms with E-state index < -0.39 is 0 Å². The average molecular weight is 249 g/mol. The van der Waals surface area contributed by atoms with Gasteiger partial charge >= 0.3 is 0 Å². The Balaban J connectivity index is 1.83. The summed E-state index contributed by atoms with van der Waals surface area (Å²) in [6.45, 7) is 2.11. The highest BCUT2D eigenvalue weighted by Crippen LogP contribution is 2.15. The summed E-state index contributed by atoms with van der Waals surface area (Å²) in [7, 11) is 0. The van der Waals surface area contributed by atoms with Gasteiger partial charge < -0.3 is 4.42 Å². The van der Waals surface area contributed by atoms with Crippen LogP contribution in [0, 0.1) is 6.92 Å². The second-order valence-corrected chi connectivity index (χ2v) is 5.03. The van der Waals surface area contributed by atoms with Gasteiger partial charge in [0.1, 0.15) is 5.76 Å². The topological polar surface area (TPSA) is 13.1 Å². The van der Waals surface area contributed by atoms with Crippen LogP contribution in [0.1, 0.15) is 23.3 Å². The number of furan rings is 1. The van der Waals surface area contributed by atoms with Crippen LogP contribution in [0.25, 0.3) is 0 Å². The van der Waals surface area contributed by atoms with Gasteiger partial charge in [-0.25, -0.2) is 0 Å². The normalized spacial score (nSPS) is 12.6. The van der Waals surface area contributed by atoms with Crippen molar-refractivity contribution < 1.29 is 4.42 Å². The molecule has 1 unspecified atom stereocenters. The van der Waals surface area contributed by atoms with E-state index in [1.54, 1.807) is 6.26 Å². The molecular formula is C15H17ClO. The zero-order valence-corrected chi connectivity index (χ0v) is 10.8. The predicted molar refractivity (Wildman–Crippen MR) is 71.6 cm³/mol. The molecule has 0 spiro atoms. The molecule has 0 aliphatic carbocycles. The Labute approximate surface area is 107 Å². The van der Waals surface area contributed by atoms with Crippen molar-refractivity contribution >= 4 is 11.6 Å². The van der Waals surface area contributed by atoms with Gasteiger partial charge in [0.05, 0.1) is 6.26 Å². The van der Waals surface area contributed by atoms with Crippen molar-refractivity contribution in [2.24, 2.45) is 0 Å². The van der Waals surface area contributed by atoms with Crippen LogP contribution < -0.4 is 0 Å². The molecule has 0 bridgehead atoms. The highest BCUT2D eigenvalue weighted by Gasteiger charge is 2.07. The molecule has 17 heavy (non-hydrogen) atoms. The van der Waals surface area contributed by atoms with Crippen LogP contribution in [0.15, 0.2) is 47.1 Å². The first kappa shape index (κ1) is 12.3. The number of halogens is 1. The van der Waals surface area contributed by atoms with Gasteiger partial charge in [-0.05, 0) is 37.5 Å². The van der Waals surface area contributed by atoms with Crippen molar-refractivity contribution in [1.29, 1.82) is 0 Å². The molecule has 1 atom stereocenters. The largest absolute Gasteiger partial charge is 0.469 e. The lowest BCUT2D eigenvalue weighted by Crippen LogP contribution is -2.05. The van der Waals surface area contributed by atoms with Gasteiger partial charge in [-0.1, -0.05) is 29.8 Å². The van der Waals surface area contributed by atoms with Crippen LogP contribution in [0.2, 0.25) is 0 Å². The summed E-state index contributed by atoms with van der Waals surface area (Å²) in [6.07, 6.45) is 4.49. The molecule has 0 radical (unpaired) electrons. The minimum Gasteiger partial charge on any atom is -0.469 e. The third-order valence-electron chi connectivity index (χ3n) is 2.82. The Morgan fingerprint density at radius 3 is 2.82 bits per heavy atom. The van der Waals surface area contributed by atoms with Crippen LogP contribution >= 0.6 is 11.6 Å². The minimum absolute atomic E-state index is 0.168. The van der Waals surface area contributed by atoms with E-state index in [1.807, 2.05) is 12.1 Å². The summed E-state index contributed by atoms with van der Waals surface area (Å²) < 4.78 is 5.29. The Morgan fingerprint density at radius 1 is 1.24 bits per heavy atom. The average Bonchev–Trinajstić information content (AvgIpc) is 2.79. The Bertz CT molecular complexity index is 448. The maximum Gasteiger partial charge on any atom is 0.103 e. The summed E-state index contributed by atoms with van der Waals surface area (Å²) in [4.78, 5) is 0. The van der Waals surface area contributed by atoms with E-state index in [0.717, 1.165) is 25.0 Å². The van der Waals surface area contributed by atoms with E-state index >= 15 is 0 Å². The van der Waals surface area contributed by atoms with Gasteiger partial charge in [0.15, 0.2) is 0 Å². The maximum atomic E-state index is 6.34. The molecule has 2 aromatic rings. The quantitative estimate of drug-likeness (QED) is 0.716. The lowest BCUT2D eigenvalue weighted by molar-refractivity contribution is 0.499. The van der Waals surface area contributed by atoms with E-state index in [-0.39, 0.29) is 5.38 Å². The molecule has 2 heteroatoms. The number of hydrogen-bond donors (Lipinski definition) is 0. The third-order valence-corrected chi connectivity index (χ3v) is 3.20. The second-order valence-electron chi connectivity index (χ2n) is 4.41. The van der Waals surface area contributed by atoms with Crippen LogP contribution in [0.5, 0.6) is 0 Å². The number of alkyl halides is 1. The van der Waals surface area contributed by atoms with E-state index in [0.29, 0.717) is 0 Å². The molecule has 0 N–H and O–H groups in total. The molecule has 2 rings (SSSR count). The highest BCUT2D eigenvalue weighted by atomic mass is 35.5. The van der Waals surface area contributed by atoms with Gasteiger partial charge in [-0.2, -0.15) is 0 Å². The van der Waals surface area contributed by atoms with Gasteiger partial charge in [0.2, 0.25) is 0 Å². The van der Waals surface area contributed by atoms with E-state index in [1.165, 1.54) is 11.1 Å². The molecule has 0 amide bonds. The Morgan fingerprint density at radius 2 is 2.12 bits per heavy atom. The first-order chi connectivity index (χ1) is 8.24. The molecule has 1 aromatic carbocycles. The fourth-order valence-corrected chi connectivity index (χ4v) is 2.24. The van der Waals surface area contributed by atoms with Gasteiger partial charge in [0.25, 0.3) is 0 Å². The summed E-state index contributed by atoms with van der Waals surface area (Å²) >= 11 is 6.34. The lowest BCUT2D eigenvalue weighted by atomic mass is 10.0. The van der Waals surface area contributed by atoms with Gasteiger partial charge in [0, 0.05) is 11.8 Å².